The Morgan fingerprint density at radius 1 is 1.00 bits per heavy atom. The molecule has 4 rings (SSSR count). The lowest BCUT2D eigenvalue weighted by atomic mass is 9.93. The lowest BCUT2D eigenvalue weighted by molar-refractivity contribution is -0.130. The number of aromatic nitrogens is 2. The molecule has 1 fully saturated rings. The van der Waals surface area contributed by atoms with Crippen molar-refractivity contribution >= 4 is 23.2 Å². The Kier molecular flexibility index (Phi) is 6.77. The predicted molar refractivity (Wildman–Crippen MR) is 125 cm³/mol. The van der Waals surface area contributed by atoms with Gasteiger partial charge in [0.1, 0.15) is 11.6 Å². The third-order valence-electron chi connectivity index (χ3n) is 5.79. The summed E-state index contributed by atoms with van der Waals surface area (Å²) < 4.78 is 0. The smallest absolute Gasteiger partial charge is 0.241 e. The molecule has 0 spiro atoms. The van der Waals surface area contributed by atoms with E-state index in [-0.39, 0.29) is 5.91 Å². The third-order valence-corrected chi connectivity index (χ3v) is 5.79. The van der Waals surface area contributed by atoms with E-state index in [1.165, 1.54) is 5.56 Å². The largest absolute Gasteiger partial charge is 0.376 e. The van der Waals surface area contributed by atoms with Gasteiger partial charge in [-0.3, -0.25) is 4.79 Å². The fraction of sp³-hybridized carbons (Fsp3) is 0.320. The van der Waals surface area contributed by atoms with Crippen LogP contribution in [0, 0.1) is 0 Å². The normalized spacial score (nSPS) is 14.3. The van der Waals surface area contributed by atoms with Crippen LogP contribution in [-0.4, -0.2) is 40.4 Å². The Balaban J connectivity index is 1.30. The number of aryl methyl sites for hydroxylation is 1. The summed E-state index contributed by atoms with van der Waals surface area (Å²) in [5.41, 5.74) is 3.36. The standard InChI is InChI=1S/C25H29N5O/c1-2-19-8-3-4-9-21(19)27-18-25(31)30-16-13-20(14-17-30)22-10-7-12-24(28-22)29-23-11-5-6-15-26-23/h3-12,15,20,27H,2,13-14,16-18H2,1H3,(H,26,28,29). The molecule has 31 heavy (non-hydrogen) atoms. The van der Waals surface area contributed by atoms with E-state index in [9.17, 15) is 4.79 Å². The first-order chi connectivity index (χ1) is 15.2. The van der Waals surface area contributed by atoms with E-state index in [2.05, 4.69) is 34.7 Å². The maximum atomic E-state index is 12.7. The number of carbonyl (C=O) groups excluding carboxylic acids is 1. The van der Waals surface area contributed by atoms with Gasteiger partial charge in [-0.25, -0.2) is 9.97 Å². The second-order valence-corrected chi connectivity index (χ2v) is 7.81. The van der Waals surface area contributed by atoms with Gasteiger partial charge in [-0.15, -0.1) is 0 Å². The highest BCUT2D eigenvalue weighted by Crippen LogP contribution is 2.28. The second-order valence-electron chi connectivity index (χ2n) is 7.81. The summed E-state index contributed by atoms with van der Waals surface area (Å²) in [6, 6.07) is 20.0. The van der Waals surface area contributed by atoms with Gasteiger partial charge in [-0.1, -0.05) is 37.3 Å². The van der Waals surface area contributed by atoms with Crippen LogP contribution in [0.5, 0.6) is 0 Å². The Morgan fingerprint density at radius 3 is 2.55 bits per heavy atom. The zero-order valence-electron chi connectivity index (χ0n) is 17.9. The molecule has 0 bridgehead atoms. The van der Waals surface area contributed by atoms with Gasteiger partial charge in [0, 0.05) is 36.6 Å². The zero-order valence-corrected chi connectivity index (χ0v) is 17.9. The summed E-state index contributed by atoms with van der Waals surface area (Å²) in [6.07, 6.45) is 4.56. The molecule has 0 aliphatic carbocycles. The highest BCUT2D eigenvalue weighted by molar-refractivity contribution is 5.81. The molecule has 2 aromatic heterocycles. The molecule has 0 radical (unpaired) electrons. The number of nitrogens with one attached hydrogen (secondary N) is 2. The fourth-order valence-corrected chi connectivity index (χ4v) is 4.02. The molecule has 1 aliphatic rings. The average molecular weight is 416 g/mol. The van der Waals surface area contributed by atoms with E-state index in [0.29, 0.717) is 12.5 Å². The van der Waals surface area contributed by atoms with Crippen molar-refractivity contribution in [2.45, 2.75) is 32.1 Å². The van der Waals surface area contributed by atoms with E-state index in [1.54, 1.807) is 6.20 Å². The molecular formula is C25H29N5O. The van der Waals surface area contributed by atoms with Gasteiger partial charge in [0.05, 0.1) is 6.54 Å². The van der Waals surface area contributed by atoms with Crippen molar-refractivity contribution in [2.24, 2.45) is 0 Å². The van der Waals surface area contributed by atoms with Gasteiger partial charge in [0.25, 0.3) is 0 Å². The van der Waals surface area contributed by atoms with E-state index in [0.717, 1.165) is 55.4 Å². The molecule has 0 unspecified atom stereocenters. The van der Waals surface area contributed by atoms with Crippen LogP contribution in [0.25, 0.3) is 0 Å². The second kappa shape index (κ2) is 10.1. The van der Waals surface area contributed by atoms with Gasteiger partial charge in [-0.2, -0.15) is 0 Å². The van der Waals surface area contributed by atoms with E-state index in [1.807, 2.05) is 53.4 Å². The number of benzene rings is 1. The summed E-state index contributed by atoms with van der Waals surface area (Å²) in [4.78, 5) is 23.8. The number of hydrogen-bond acceptors (Lipinski definition) is 5. The predicted octanol–water partition coefficient (Wildman–Crippen LogP) is 4.60. The maximum Gasteiger partial charge on any atom is 0.241 e. The quantitative estimate of drug-likeness (QED) is 0.590. The number of pyridine rings is 2. The van der Waals surface area contributed by atoms with Crippen molar-refractivity contribution in [3.8, 4) is 0 Å². The molecule has 3 heterocycles. The lowest BCUT2D eigenvalue weighted by Gasteiger charge is -2.32. The summed E-state index contributed by atoms with van der Waals surface area (Å²) in [5, 5.41) is 6.57. The minimum Gasteiger partial charge on any atom is -0.376 e. The first kappa shape index (κ1) is 20.8. The van der Waals surface area contributed by atoms with Crippen LogP contribution in [0.1, 0.15) is 36.9 Å². The van der Waals surface area contributed by atoms with Crippen LogP contribution in [-0.2, 0) is 11.2 Å². The molecule has 160 valence electrons. The van der Waals surface area contributed by atoms with Crippen molar-refractivity contribution in [2.75, 3.05) is 30.3 Å². The monoisotopic (exact) mass is 415 g/mol. The van der Waals surface area contributed by atoms with Gasteiger partial charge in [-0.05, 0) is 55.2 Å². The van der Waals surface area contributed by atoms with Crippen LogP contribution in [0.15, 0.2) is 66.9 Å². The molecular weight excluding hydrogens is 386 g/mol. The van der Waals surface area contributed by atoms with Crippen LogP contribution in [0.3, 0.4) is 0 Å². The molecule has 6 heteroatoms. The Labute approximate surface area is 183 Å². The van der Waals surface area contributed by atoms with Crippen molar-refractivity contribution in [3.63, 3.8) is 0 Å². The molecule has 0 saturated carbocycles. The Morgan fingerprint density at radius 2 is 1.77 bits per heavy atom. The maximum absolute atomic E-state index is 12.7. The average Bonchev–Trinajstić information content (AvgIpc) is 2.83. The summed E-state index contributed by atoms with van der Waals surface area (Å²) in [6.45, 7) is 3.99. The molecule has 2 N–H and O–H groups in total. The molecule has 0 atom stereocenters. The van der Waals surface area contributed by atoms with Crippen molar-refractivity contribution in [1.82, 2.24) is 14.9 Å². The van der Waals surface area contributed by atoms with Crippen molar-refractivity contribution in [3.05, 3.63) is 78.1 Å². The number of piperidine rings is 1. The molecule has 1 saturated heterocycles. The third kappa shape index (κ3) is 5.40. The van der Waals surface area contributed by atoms with Crippen LogP contribution in [0.2, 0.25) is 0 Å². The van der Waals surface area contributed by atoms with Crippen molar-refractivity contribution < 1.29 is 4.79 Å². The number of nitrogens with zero attached hydrogens (tertiary/aromatic N) is 3. The highest BCUT2D eigenvalue weighted by Gasteiger charge is 2.24. The zero-order chi connectivity index (χ0) is 21.5. The number of anilines is 3. The fourth-order valence-electron chi connectivity index (χ4n) is 4.02. The number of amides is 1. The number of likely N-dealkylation sites (tertiary alicyclic amines) is 1. The van der Waals surface area contributed by atoms with Gasteiger partial charge < -0.3 is 15.5 Å². The number of para-hydroxylation sites is 1. The molecule has 1 aromatic carbocycles. The van der Waals surface area contributed by atoms with Gasteiger partial charge >= 0.3 is 0 Å². The number of carbonyl (C=O) groups is 1. The van der Waals surface area contributed by atoms with Gasteiger partial charge in [0.15, 0.2) is 0 Å². The van der Waals surface area contributed by atoms with Gasteiger partial charge in [0.2, 0.25) is 5.91 Å². The number of rotatable bonds is 7. The lowest BCUT2D eigenvalue weighted by Crippen LogP contribution is -2.41. The molecule has 1 amide bonds. The molecule has 6 nitrogen and oxygen atoms in total. The molecule has 3 aromatic rings. The number of hydrogen-bond donors (Lipinski definition) is 2. The Hall–Kier alpha value is -3.41. The summed E-state index contributed by atoms with van der Waals surface area (Å²) in [7, 11) is 0. The SMILES string of the molecule is CCc1ccccc1NCC(=O)N1CCC(c2cccc(Nc3ccccn3)n2)CC1. The Bertz CT molecular complexity index is 1000. The van der Waals surface area contributed by atoms with Crippen LogP contribution in [0.4, 0.5) is 17.3 Å². The van der Waals surface area contributed by atoms with E-state index in [4.69, 9.17) is 4.98 Å². The minimum atomic E-state index is 0.155. The van der Waals surface area contributed by atoms with Crippen molar-refractivity contribution in [1.29, 1.82) is 0 Å². The molecule has 1 aliphatic heterocycles. The van der Waals surface area contributed by atoms with Crippen LogP contribution < -0.4 is 10.6 Å². The summed E-state index contributed by atoms with van der Waals surface area (Å²) >= 11 is 0. The van der Waals surface area contributed by atoms with Crippen LogP contribution >= 0.6 is 0 Å². The first-order valence-corrected chi connectivity index (χ1v) is 11.0. The summed E-state index contributed by atoms with van der Waals surface area (Å²) in [5.74, 6) is 2.10. The first-order valence-electron chi connectivity index (χ1n) is 11.0. The topological polar surface area (TPSA) is 70.2 Å². The van der Waals surface area contributed by atoms with E-state index >= 15 is 0 Å². The van der Waals surface area contributed by atoms with E-state index < -0.39 is 0 Å². The minimum absolute atomic E-state index is 0.155. The highest BCUT2D eigenvalue weighted by atomic mass is 16.2.